The van der Waals surface area contributed by atoms with Crippen LogP contribution in [0.1, 0.15) is 19.4 Å². The lowest BCUT2D eigenvalue weighted by Gasteiger charge is -2.03. The fourth-order valence-electron chi connectivity index (χ4n) is 0.990. The van der Waals surface area contributed by atoms with E-state index in [9.17, 15) is 5.11 Å². The fraction of sp³-hybridized carbons (Fsp3) is 0.333. The van der Waals surface area contributed by atoms with Crippen molar-refractivity contribution in [3.63, 3.8) is 0 Å². The van der Waals surface area contributed by atoms with Crippen molar-refractivity contribution < 1.29 is 14.9 Å². The molecule has 1 aromatic rings. The van der Waals surface area contributed by atoms with Crippen molar-refractivity contribution >= 4 is 6.08 Å². The van der Waals surface area contributed by atoms with E-state index in [0.717, 1.165) is 5.56 Å². The van der Waals surface area contributed by atoms with Gasteiger partial charge in [-0.15, -0.1) is 0 Å². The second-order valence-electron chi connectivity index (χ2n) is 2.75. The maximum Gasteiger partial charge on any atom is 0.161 e. The number of rotatable bonds is 2. The Morgan fingerprint density at radius 3 is 2.47 bits per heavy atom. The van der Waals surface area contributed by atoms with E-state index in [1.807, 2.05) is 25.1 Å². The summed E-state index contributed by atoms with van der Waals surface area (Å²) in [7, 11) is 1.54. The summed E-state index contributed by atoms with van der Waals surface area (Å²) < 4.78 is 4.95. The van der Waals surface area contributed by atoms with Crippen molar-refractivity contribution in [3.05, 3.63) is 29.8 Å². The van der Waals surface area contributed by atoms with Crippen LogP contribution in [0.15, 0.2) is 24.3 Å². The van der Waals surface area contributed by atoms with Crippen molar-refractivity contribution in [2.45, 2.75) is 13.8 Å². The van der Waals surface area contributed by atoms with Gasteiger partial charge in [0.25, 0.3) is 0 Å². The van der Waals surface area contributed by atoms with E-state index in [0.29, 0.717) is 5.75 Å². The highest BCUT2D eigenvalue weighted by Gasteiger charge is 1.99. The molecule has 0 radical (unpaired) electrons. The third-order valence-electron chi connectivity index (χ3n) is 1.56. The van der Waals surface area contributed by atoms with Crippen LogP contribution in [0.3, 0.4) is 0 Å². The summed E-state index contributed by atoms with van der Waals surface area (Å²) in [5, 5.41) is 16.8. The molecule has 0 heterocycles. The number of phenols is 1. The zero-order chi connectivity index (χ0) is 11.7. The predicted molar refractivity (Wildman–Crippen MR) is 62.1 cm³/mol. The molecule has 0 bridgehead atoms. The zero-order valence-corrected chi connectivity index (χ0v) is 9.40. The molecule has 0 aliphatic carbocycles. The molecule has 15 heavy (non-hydrogen) atoms. The van der Waals surface area contributed by atoms with Gasteiger partial charge in [-0.2, -0.15) is 0 Å². The Morgan fingerprint density at radius 1 is 1.40 bits per heavy atom. The molecule has 0 unspecified atom stereocenters. The topological polar surface area (TPSA) is 49.7 Å². The Kier molecular flexibility index (Phi) is 7.10. The van der Waals surface area contributed by atoms with Gasteiger partial charge in [-0.3, -0.25) is 0 Å². The summed E-state index contributed by atoms with van der Waals surface area (Å²) in [5.41, 5.74) is 1.02. The van der Waals surface area contributed by atoms with Crippen LogP contribution in [0.4, 0.5) is 0 Å². The van der Waals surface area contributed by atoms with Crippen LogP contribution in [0.25, 0.3) is 6.08 Å². The number of aliphatic hydroxyl groups is 1. The lowest BCUT2D eigenvalue weighted by Crippen LogP contribution is -1.83. The normalized spacial score (nSPS) is 9.60. The number of ether oxygens (including phenoxy) is 1. The first-order chi connectivity index (χ1) is 7.19. The largest absolute Gasteiger partial charge is 0.504 e. The second-order valence-corrected chi connectivity index (χ2v) is 2.75. The SMILES string of the molecule is C/C=C/c1ccc(O)c(OC)c1.CCO. The van der Waals surface area contributed by atoms with E-state index in [1.54, 1.807) is 19.1 Å². The summed E-state index contributed by atoms with van der Waals surface area (Å²) in [6.07, 6.45) is 3.88. The number of benzene rings is 1. The predicted octanol–water partition coefficient (Wildman–Crippen LogP) is 2.43. The number of aliphatic hydroxyl groups excluding tert-OH is 1. The number of allylic oxidation sites excluding steroid dienone is 1. The average Bonchev–Trinajstić information content (AvgIpc) is 2.22. The van der Waals surface area contributed by atoms with Crippen LogP contribution in [0, 0.1) is 0 Å². The van der Waals surface area contributed by atoms with Gasteiger partial charge in [-0.25, -0.2) is 0 Å². The van der Waals surface area contributed by atoms with E-state index in [2.05, 4.69) is 0 Å². The molecule has 0 aliphatic heterocycles. The third-order valence-corrected chi connectivity index (χ3v) is 1.56. The van der Waals surface area contributed by atoms with Gasteiger partial charge in [0, 0.05) is 6.61 Å². The van der Waals surface area contributed by atoms with Crippen molar-refractivity contribution in [2.75, 3.05) is 13.7 Å². The van der Waals surface area contributed by atoms with E-state index in [1.165, 1.54) is 7.11 Å². The van der Waals surface area contributed by atoms with Gasteiger partial charge in [0.2, 0.25) is 0 Å². The number of phenolic OH excluding ortho intramolecular Hbond substituents is 1. The summed E-state index contributed by atoms with van der Waals surface area (Å²) in [4.78, 5) is 0. The highest BCUT2D eigenvalue weighted by molar-refractivity contribution is 5.55. The average molecular weight is 210 g/mol. The maximum atomic E-state index is 9.25. The van der Waals surface area contributed by atoms with E-state index in [4.69, 9.17) is 9.84 Å². The highest BCUT2D eigenvalue weighted by Crippen LogP contribution is 2.26. The molecule has 0 atom stereocenters. The van der Waals surface area contributed by atoms with Crippen molar-refractivity contribution in [1.29, 1.82) is 0 Å². The Morgan fingerprint density at radius 2 is 2.00 bits per heavy atom. The van der Waals surface area contributed by atoms with Crippen LogP contribution in [0.2, 0.25) is 0 Å². The van der Waals surface area contributed by atoms with Crippen LogP contribution in [-0.4, -0.2) is 23.9 Å². The second kappa shape index (κ2) is 7.88. The minimum absolute atomic E-state index is 0.172. The maximum absolute atomic E-state index is 9.25. The standard InChI is InChI=1S/C10H12O2.C2H6O/c1-3-4-8-5-6-9(11)10(7-8)12-2;1-2-3/h3-7,11H,1-2H3;3H,2H2,1H3/b4-3+;. The molecule has 0 saturated carbocycles. The Balaban J connectivity index is 0.000000583. The first kappa shape index (κ1) is 13.5. The van der Waals surface area contributed by atoms with Crippen LogP contribution in [-0.2, 0) is 0 Å². The van der Waals surface area contributed by atoms with Crippen LogP contribution in [0.5, 0.6) is 11.5 Å². The third kappa shape index (κ3) is 5.08. The molecule has 0 aromatic heterocycles. The Labute approximate surface area is 90.6 Å². The summed E-state index contributed by atoms with van der Waals surface area (Å²) in [5.74, 6) is 0.677. The van der Waals surface area contributed by atoms with E-state index >= 15 is 0 Å². The lowest BCUT2D eigenvalue weighted by atomic mass is 10.2. The van der Waals surface area contributed by atoms with Crippen molar-refractivity contribution in [2.24, 2.45) is 0 Å². The molecule has 3 heteroatoms. The number of aromatic hydroxyl groups is 1. The number of methoxy groups -OCH3 is 1. The minimum atomic E-state index is 0.172. The molecule has 84 valence electrons. The van der Waals surface area contributed by atoms with Crippen molar-refractivity contribution in [3.8, 4) is 11.5 Å². The molecule has 0 saturated heterocycles. The fourth-order valence-corrected chi connectivity index (χ4v) is 0.990. The molecule has 0 fully saturated rings. The summed E-state index contributed by atoms with van der Waals surface area (Å²) in [6.45, 7) is 3.87. The molecule has 0 spiro atoms. The van der Waals surface area contributed by atoms with Crippen LogP contribution >= 0.6 is 0 Å². The van der Waals surface area contributed by atoms with Gasteiger partial charge in [0.15, 0.2) is 11.5 Å². The first-order valence-corrected chi connectivity index (χ1v) is 4.80. The lowest BCUT2D eigenvalue weighted by molar-refractivity contribution is 0.318. The molecule has 0 aliphatic rings. The molecular weight excluding hydrogens is 192 g/mol. The molecule has 3 nitrogen and oxygen atoms in total. The molecule has 2 N–H and O–H groups in total. The van der Waals surface area contributed by atoms with Gasteiger partial charge >= 0.3 is 0 Å². The molecule has 1 rings (SSSR count). The Bertz CT molecular complexity index is 306. The van der Waals surface area contributed by atoms with Gasteiger partial charge < -0.3 is 14.9 Å². The summed E-state index contributed by atoms with van der Waals surface area (Å²) in [6, 6.07) is 5.24. The number of hydrogen-bond donors (Lipinski definition) is 2. The molecular formula is C12H18O3. The monoisotopic (exact) mass is 210 g/mol. The molecule has 1 aromatic carbocycles. The van der Waals surface area contributed by atoms with Gasteiger partial charge in [-0.1, -0.05) is 18.2 Å². The first-order valence-electron chi connectivity index (χ1n) is 4.80. The van der Waals surface area contributed by atoms with E-state index < -0.39 is 0 Å². The van der Waals surface area contributed by atoms with Gasteiger partial charge in [-0.05, 0) is 31.5 Å². The quantitative estimate of drug-likeness (QED) is 0.788. The zero-order valence-electron chi connectivity index (χ0n) is 9.40. The Hall–Kier alpha value is -1.48. The molecule has 0 amide bonds. The summed E-state index contributed by atoms with van der Waals surface area (Å²) >= 11 is 0. The van der Waals surface area contributed by atoms with Crippen molar-refractivity contribution in [1.82, 2.24) is 0 Å². The van der Waals surface area contributed by atoms with Gasteiger partial charge in [0.1, 0.15) is 0 Å². The minimum Gasteiger partial charge on any atom is -0.504 e. The number of hydrogen-bond acceptors (Lipinski definition) is 3. The van der Waals surface area contributed by atoms with Crippen LogP contribution < -0.4 is 4.74 Å². The smallest absolute Gasteiger partial charge is 0.161 e. The highest BCUT2D eigenvalue weighted by atomic mass is 16.5. The van der Waals surface area contributed by atoms with E-state index in [-0.39, 0.29) is 12.4 Å². The van der Waals surface area contributed by atoms with Gasteiger partial charge in [0.05, 0.1) is 7.11 Å².